The Morgan fingerprint density at radius 1 is 1.40 bits per heavy atom. The minimum Gasteiger partial charge on any atom is -0.378 e. The van der Waals surface area contributed by atoms with Crippen molar-refractivity contribution in [1.29, 1.82) is 0 Å². The van der Waals surface area contributed by atoms with Crippen molar-refractivity contribution in [3.8, 4) is 0 Å². The molecule has 1 heterocycles. The smallest absolute Gasteiger partial charge is 0.378 e. The number of halogens is 3. The molecule has 1 rings (SSSR count). The Morgan fingerprint density at radius 2 is 1.93 bits per heavy atom. The van der Waals surface area contributed by atoms with Crippen molar-refractivity contribution in [3.63, 3.8) is 0 Å². The zero-order chi connectivity index (χ0) is 11.5. The molecule has 0 bridgehead atoms. The van der Waals surface area contributed by atoms with Crippen molar-refractivity contribution >= 4 is 5.91 Å². The van der Waals surface area contributed by atoms with E-state index in [-0.39, 0.29) is 19.2 Å². The van der Waals surface area contributed by atoms with Gasteiger partial charge >= 0.3 is 12.1 Å². The largest absolute Gasteiger partial charge is 0.471 e. The quantitative estimate of drug-likeness (QED) is 0.714. The molecule has 6 heteroatoms. The second kappa shape index (κ2) is 4.83. The summed E-state index contributed by atoms with van der Waals surface area (Å²) in [7, 11) is 0. The van der Waals surface area contributed by atoms with Crippen molar-refractivity contribution in [2.45, 2.75) is 32.0 Å². The molecule has 1 saturated heterocycles. The summed E-state index contributed by atoms with van der Waals surface area (Å²) >= 11 is 0. The van der Waals surface area contributed by atoms with Crippen LogP contribution in [-0.2, 0) is 9.53 Å². The fourth-order valence-electron chi connectivity index (χ4n) is 1.64. The maximum Gasteiger partial charge on any atom is 0.471 e. The van der Waals surface area contributed by atoms with Crippen LogP contribution in [0.15, 0.2) is 0 Å². The number of hydrogen-bond acceptors (Lipinski definition) is 2. The van der Waals surface area contributed by atoms with Crippen molar-refractivity contribution in [2.75, 3.05) is 19.7 Å². The first-order chi connectivity index (χ1) is 6.95. The van der Waals surface area contributed by atoms with E-state index < -0.39 is 12.1 Å². The minimum atomic E-state index is -4.75. The molecule has 0 aromatic heterocycles. The molecule has 1 aliphatic rings. The van der Waals surface area contributed by atoms with Crippen molar-refractivity contribution in [2.24, 2.45) is 0 Å². The third-order valence-corrected chi connectivity index (χ3v) is 2.37. The maximum atomic E-state index is 12.1. The Kier molecular flexibility index (Phi) is 3.96. The molecule has 0 unspecified atom stereocenters. The Labute approximate surface area is 86.2 Å². The minimum absolute atomic E-state index is 0.00714. The van der Waals surface area contributed by atoms with E-state index >= 15 is 0 Å². The number of alkyl halides is 3. The lowest BCUT2D eigenvalue weighted by Gasteiger charge is -2.32. The van der Waals surface area contributed by atoms with Gasteiger partial charge in [-0.2, -0.15) is 13.2 Å². The van der Waals surface area contributed by atoms with Gasteiger partial charge in [0.1, 0.15) is 0 Å². The molecule has 0 aliphatic carbocycles. The molecule has 15 heavy (non-hydrogen) atoms. The van der Waals surface area contributed by atoms with E-state index in [1.54, 1.807) is 0 Å². The summed E-state index contributed by atoms with van der Waals surface area (Å²) in [6.07, 6.45) is -3.80. The first-order valence-corrected chi connectivity index (χ1v) is 4.93. The Bertz CT molecular complexity index is 222. The summed E-state index contributed by atoms with van der Waals surface area (Å²) < 4.78 is 41.4. The summed E-state index contributed by atoms with van der Waals surface area (Å²) in [4.78, 5) is 11.7. The summed E-state index contributed by atoms with van der Waals surface area (Å²) in [6, 6.07) is 0. The van der Waals surface area contributed by atoms with E-state index in [9.17, 15) is 18.0 Å². The van der Waals surface area contributed by atoms with E-state index in [1.807, 2.05) is 6.92 Å². The highest BCUT2D eigenvalue weighted by atomic mass is 19.4. The number of likely N-dealkylation sites (tertiary alicyclic amines) is 1. The molecule has 1 aliphatic heterocycles. The molecule has 0 spiro atoms. The molecule has 1 amide bonds. The van der Waals surface area contributed by atoms with Crippen LogP contribution in [0.25, 0.3) is 0 Å². The second-order valence-corrected chi connectivity index (χ2v) is 3.44. The molecule has 0 N–H and O–H groups in total. The lowest BCUT2D eigenvalue weighted by molar-refractivity contribution is -0.187. The van der Waals surface area contributed by atoms with Crippen LogP contribution in [0.4, 0.5) is 13.2 Å². The van der Waals surface area contributed by atoms with E-state index in [2.05, 4.69) is 0 Å². The number of carbonyl (C=O) groups excluding carboxylic acids is 1. The van der Waals surface area contributed by atoms with Gasteiger partial charge in [-0.25, -0.2) is 0 Å². The lowest BCUT2D eigenvalue weighted by atomic mass is 10.1. The molecule has 0 saturated carbocycles. The summed E-state index contributed by atoms with van der Waals surface area (Å²) in [5, 5.41) is 0. The van der Waals surface area contributed by atoms with E-state index in [0.717, 1.165) is 4.90 Å². The van der Waals surface area contributed by atoms with Crippen LogP contribution in [0.5, 0.6) is 0 Å². The average Bonchev–Trinajstić information content (AvgIpc) is 2.17. The van der Waals surface area contributed by atoms with Gasteiger partial charge in [0.05, 0.1) is 6.10 Å². The van der Waals surface area contributed by atoms with Gasteiger partial charge in [-0.15, -0.1) is 0 Å². The summed E-state index contributed by atoms with van der Waals surface area (Å²) in [5.41, 5.74) is 0. The SMILES string of the molecule is CCOC1CCN(C(=O)C(F)(F)F)CC1. The van der Waals surface area contributed by atoms with Gasteiger partial charge in [0, 0.05) is 19.7 Å². The predicted octanol–water partition coefficient (Wildman–Crippen LogP) is 1.58. The van der Waals surface area contributed by atoms with Crippen molar-refractivity contribution in [1.82, 2.24) is 4.90 Å². The number of ether oxygens (including phenoxy) is 1. The molecule has 0 aromatic carbocycles. The molecule has 88 valence electrons. The standard InChI is InChI=1S/C9H14F3NO2/c1-2-15-7-3-5-13(6-4-7)8(14)9(10,11)12/h7H,2-6H2,1H3. The topological polar surface area (TPSA) is 29.5 Å². The molecule has 0 aromatic rings. The number of carbonyl (C=O) groups is 1. The number of nitrogens with zero attached hydrogens (tertiary/aromatic N) is 1. The monoisotopic (exact) mass is 225 g/mol. The molecule has 0 radical (unpaired) electrons. The highest BCUT2D eigenvalue weighted by molar-refractivity contribution is 5.81. The highest BCUT2D eigenvalue weighted by Crippen LogP contribution is 2.22. The molecule has 3 nitrogen and oxygen atoms in total. The van der Waals surface area contributed by atoms with Crippen molar-refractivity contribution < 1.29 is 22.7 Å². The molecule has 1 fully saturated rings. The fraction of sp³-hybridized carbons (Fsp3) is 0.889. The van der Waals surface area contributed by atoms with Crippen LogP contribution in [0.1, 0.15) is 19.8 Å². The van der Waals surface area contributed by atoms with Gasteiger partial charge in [-0.1, -0.05) is 0 Å². The van der Waals surface area contributed by atoms with Crippen LogP contribution in [0, 0.1) is 0 Å². The van der Waals surface area contributed by atoms with Crippen LogP contribution >= 0.6 is 0 Å². The summed E-state index contributed by atoms with van der Waals surface area (Å²) in [5.74, 6) is -1.74. The first-order valence-electron chi connectivity index (χ1n) is 4.93. The third-order valence-electron chi connectivity index (χ3n) is 2.37. The Balaban J connectivity index is 2.41. The van der Waals surface area contributed by atoms with Crippen LogP contribution < -0.4 is 0 Å². The van der Waals surface area contributed by atoms with Gasteiger partial charge in [0.2, 0.25) is 0 Å². The van der Waals surface area contributed by atoms with Gasteiger partial charge in [-0.3, -0.25) is 4.79 Å². The Morgan fingerprint density at radius 3 is 2.33 bits per heavy atom. The Hall–Kier alpha value is -0.780. The number of amides is 1. The highest BCUT2D eigenvalue weighted by Gasteiger charge is 2.43. The molecule has 0 atom stereocenters. The summed E-state index contributed by atoms with van der Waals surface area (Å²) in [6.45, 7) is 2.65. The zero-order valence-corrected chi connectivity index (χ0v) is 8.51. The van der Waals surface area contributed by atoms with Crippen LogP contribution in [0.2, 0.25) is 0 Å². The molecular weight excluding hydrogens is 211 g/mol. The van der Waals surface area contributed by atoms with E-state index in [4.69, 9.17) is 4.74 Å². The first kappa shape index (κ1) is 12.3. The maximum absolute atomic E-state index is 12.1. The van der Waals surface area contributed by atoms with Gasteiger partial charge < -0.3 is 9.64 Å². The average molecular weight is 225 g/mol. The fourth-order valence-corrected chi connectivity index (χ4v) is 1.64. The zero-order valence-electron chi connectivity index (χ0n) is 8.51. The van der Waals surface area contributed by atoms with Crippen LogP contribution in [0.3, 0.4) is 0 Å². The van der Waals surface area contributed by atoms with Gasteiger partial charge in [0.25, 0.3) is 0 Å². The van der Waals surface area contributed by atoms with Gasteiger partial charge in [0.15, 0.2) is 0 Å². The second-order valence-electron chi connectivity index (χ2n) is 3.44. The van der Waals surface area contributed by atoms with Crippen LogP contribution in [-0.4, -0.2) is 42.8 Å². The van der Waals surface area contributed by atoms with Crippen molar-refractivity contribution in [3.05, 3.63) is 0 Å². The number of hydrogen-bond donors (Lipinski definition) is 0. The van der Waals surface area contributed by atoms with E-state index in [1.165, 1.54) is 0 Å². The number of rotatable bonds is 2. The van der Waals surface area contributed by atoms with Gasteiger partial charge in [-0.05, 0) is 19.8 Å². The lowest BCUT2D eigenvalue weighted by Crippen LogP contribution is -2.46. The predicted molar refractivity (Wildman–Crippen MR) is 47.3 cm³/mol. The van der Waals surface area contributed by atoms with E-state index in [0.29, 0.717) is 19.4 Å². The number of piperidine rings is 1. The normalized spacial score (nSPS) is 19.3. The molecular formula is C9H14F3NO2. The third kappa shape index (κ3) is 3.37.